The summed E-state index contributed by atoms with van der Waals surface area (Å²) in [7, 11) is 0. The molecule has 24 heavy (non-hydrogen) atoms. The minimum absolute atomic E-state index is 0.0543. The van der Waals surface area contributed by atoms with Crippen molar-refractivity contribution >= 4 is 17.5 Å². The van der Waals surface area contributed by atoms with E-state index in [4.69, 9.17) is 0 Å². The standard InChI is InChI=1S/C17H12N4O3/c22-17(13-6-9-16(10-7-13)21(23)24)11-8-14-12-18-20(19-14)15-4-2-1-3-5-15/h1-12H/b11-8+. The molecule has 0 radical (unpaired) electrons. The number of para-hydroxylation sites is 1. The molecule has 1 heterocycles. The Labute approximate surface area is 137 Å². The Morgan fingerprint density at radius 1 is 1.08 bits per heavy atom. The lowest BCUT2D eigenvalue weighted by Gasteiger charge is -1.96. The second kappa shape index (κ2) is 6.66. The molecule has 118 valence electrons. The third-order valence-electron chi connectivity index (χ3n) is 3.26. The van der Waals surface area contributed by atoms with Gasteiger partial charge >= 0.3 is 0 Å². The van der Waals surface area contributed by atoms with Gasteiger partial charge in [0, 0.05) is 17.7 Å². The van der Waals surface area contributed by atoms with Crippen LogP contribution in [0.4, 0.5) is 5.69 Å². The number of nitro groups is 1. The van der Waals surface area contributed by atoms with E-state index in [-0.39, 0.29) is 11.5 Å². The molecule has 0 atom stereocenters. The molecule has 0 aliphatic rings. The lowest BCUT2D eigenvalue weighted by Crippen LogP contribution is -1.98. The molecule has 7 heteroatoms. The molecule has 7 nitrogen and oxygen atoms in total. The lowest BCUT2D eigenvalue weighted by molar-refractivity contribution is -0.384. The predicted molar refractivity (Wildman–Crippen MR) is 87.8 cm³/mol. The maximum Gasteiger partial charge on any atom is 0.269 e. The fourth-order valence-corrected chi connectivity index (χ4v) is 2.04. The third kappa shape index (κ3) is 3.41. The summed E-state index contributed by atoms with van der Waals surface area (Å²) >= 11 is 0. The van der Waals surface area contributed by atoms with E-state index < -0.39 is 4.92 Å². The van der Waals surface area contributed by atoms with Crippen molar-refractivity contribution < 1.29 is 9.72 Å². The second-order valence-corrected chi connectivity index (χ2v) is 4.90. The average molecular weight is 320 g/mol. The van der Waals surface area contributed by atoms with Crippen LogP contribution in [0.25, 0.3) is 11.8 Å². The molecule has 0 aliphatic carbocycles. The Hall–Kier alpha value is -3.61. The van der Waals surface area contributed by atoms with Gasteiger partial charge in [0.1, 0.15) is 5.69 Å². The van der Waals surface area contributed by atoms with Crippen molar-refractivity contribution in [2.45, 2.75) is 0 Å². The van der Waals surface area contributed by atoms with Gasteiger partial charge in [0.2, 0.25) is 0 Å². The van der Waals surface area contributed by atoms with Gasteiger partial charge in [-0.2, -0.15) is 9.90 Å². The summed E-state index contributed by atoms with van der Waals surface area (Å²) in [4.78, 5) is 23.6. The molecule has 0 N–H and O–H groups in total. The average Bonchev–Trinajstić information content (AvgIpc) is 3.09. The van der Waals surface area contributed by atoms with Crippen LogP contribution in [0.15, 0.2) is 66.9 Å². The lowest BCUT2D eigenvalue weighted by atomic mass is 10.1. The normalized spacial score (nSPS) is 10.8. The van der Waals surface area contributed by atoms with E-state index in [9.17, 15) is 14.9 Å². The van der Waals surface area contributed by atoms with Gasteiger partial charge in [0.25, 0.3) is 5.69 Å². The largest absolute Gasteiger partial charge is 0.289 e. The van der Waals surface area contributed by atoms with Gasteiger partial charge in [-0.15, -0.1) is 5.10 Å². The van der Waals surface area contributed by atoms with Crippen LogP contribution in [0.1, 0.15) is 16.1 Å². The highest BCUT2D eigenvalue weighted by Crippen LogP contribution is 2.13. The van der Waals surface area contributed by atoms with Gasteiger partial charge in [-0.1, -0.05) is 18.2 Å². The molecule has 1 aromatic heterocycles. The van der Waals surface area contributed by atoms with E-state index >= 15 is 0 Å². The number of aromatic nitrogens is 3. The molecule has 0 saturated heterocycles. The van der Waals surface area contributed by atoms with Crippen molar-refractivity contribution in [1.82, 2.24) is 15.0 Å². The number of non-ortho nitro benzene ring substituents is 1. The Bertz CT molecular complexity index is 899. The van der Waals surface area contributed by atoms with Gasteiger partial charge in [0.15, 0.2) is 5.78 Å². The van der Waals surface area contributed by atoms with Crippen LogP contribution in [-0.2, 0) is 0 Å². The van der Waals surface area contributed by atoms with Gasteiger partial charge in [0.05, 0.1) is 16.8 Å². The summed E-state index contributed by atoms with van der Waals surface area (Å²) in [6.07, 6.45) is 4.46. The number of hydrogen-bond acceptors (Lipinski definition) is 5. The van der Waals surface area contributed by atoms with Crippen molar-refractivity contribution in [2.75, 3.05) is 0 Å². The highest BCUT2D eigenvalue weighted by atomic mass is 16.6. The summed E-state index contributed by atoms with van der Waals surface area (Å²) in [6.45, 7) is 0. The van der Waals surface area contributed by atoms with E-state index in [0.29, 0.717) is 11.3 Å². The smallest absolute Gasteiger partial charge is 0.269 e. The van der Waals surface area contributed by atoms with Crippen LogP contribution in [0.5, 0.6) is 0 Å². The number of carbonyl (C=O) groups excluding carboxylic acids is 1. The third-order valence-corrected chi connectivity index (χ3v) is 3.26. The number of nitrogens with zero attached hydrogens (tertiary/aromatic N) is 4. The number of benzene rings is 2. The first-order chi connectivity index (χ1) is 11.6. The zero-order valence-corrected chi connectivity index (χ0v) is 12.4. The maximum atomic E-state index is 12.1. The van der Waals surface area contributed by atoms with Crippen LogP contribution >= 0.6 is 0 Å². The highest BCUT2D eigenvalue weighted by molar-refractivity contribution is 6.06. The molecule has 2 aromatic carbocycles. The zero-order chi connectivity index (χ0) is 16.9. The molecule has 0 saturated carbocycles. The maximum absolute atomic E-state index is 12.1. The predicted octanol–water partition coefficient (Wildman–Crippen LogP) is 3.07. The Balaban J connectivity index is 1.72. The summed E-state index contributed by atoms with van der Waals surface area (Å²) in [5, 5.41) is 19.0. The van der Waals surface area contributed by atoms with Gasteiger partial charge in [-0.05, 0) is 36.4 Å². The van der Waals surface area contributed by atoms with E-state index in [0.717, 1.165) is 5.69 Å². The summed E-state index contributed by atoms with van der Waals surface area (Å²) in [5.41, 5.74) is 1.67. The highest BCUT2D eigenvalue weighted by Gasteiger charge is 2.07. The fourth-order valence-electron chi connectivity index (χ4n) is 2.04. The van der Waals surface area contributed by atoms with Crippen molar-refractivity contribution in [3.8, 4) is 5.69 Å². The number of allylic oxidation sites excluding steroid dienone is 1. The van der Waals surface area contributed by atoms with Crippen LogP contribution in [0.3, 0.4) is 0 Å². The molecule has 0 spiro atoms. The minimum atomic E-state index is -0.508. The minimum Gasteiger partial charge on any atom is -0.289 e. The molecule has 3 aromatic rings. The topological polar surface area (TPSA) is 90.9 Å². The molecular weight excluding hydrogens is 308 g/mol. The first-order valence-corrected chi connectivity index (χ1v) is 7.08. The molecule has 0 amide bonds. The summed E-state index contributed by atoms with van der Waals surface area (Å²) in [5.74, 6) is -0.265. The quantitative estimate of drug-likeness (QED) is 0.312. The fraction of sp³-hybridized carbons (Fsp3) is 0. The summed E-state index contributed by atoms with van der Waals surface area (Å²) < 4.78 is 0. The Kier molecular flexibility index (Phi) is 4.24. The number of ketones is 1. The molecular formula is C17H12N4O3. The van der Waals surface area contributed by atoms with Crippen LogP contribution < -0.4 is 0 Å². The van der Waals surface area contributed by atoms with E-state index in [1.54, 1.807) is 12.3 Å². The zero-order valence-electron chi connectivity index (χ0n) is 12.4. The molecule has 0 aliphatic heterocycles. The monoisotopic (exact) mass is 320 g/mol. The van der Waals surface area contributed by atoms with Crippen molar-refractivity contribution in [3.63, 3.8) is 0 Å². The van der Waals surface area contributed by atoms with Gasteiger partial charge in [-0.3, -0.25) is 14.9 Å². The second-order valence-electron chi connectivity index (χ2n) is 4.90. The van der Waals surface area contributed by atoms with Gasteiger partial charge < -0.3 is 0 Å². The van der Waals surface area contributed by atoms with Crippen LogP contribution in [0, 0.1) is 10.1 Å². The van der Waals surface area contributed by atoms with Gasteiger partial charge in [-0.25, -0.2) is 0 Å². The van der Waals surface area contributed by atoms with Crippen molar-refractivity contribution in [3.05, 3.63) is 88.2 Å². The number of rotatable bonds is 5. The molecule has 0 fully saturated rings. The molecule has 0 unspecified atom stereocenters. The number of nitro benzene ring substituents is 1. The van der Waals surface area contributed by atoms with Crippen molar-refractivity contribution in [2.24, 2.45) is 0 Å². The van der Waals surface area contributed by atoms with E-state index in [1.807, 2.05) is 30.3 Å². The number of carbonyl (C=O) groups is 1. The first kappa shape index (κ1) is 15.3. The van der Waals surface area contributed by atoms with Crippen molar-refractivity contribution in [1.29, 1.82) is 0 Å². The first-order valence-electron chi connectivity index (χ1n) is 7.08. The molecule has 3 rings (SSSR count). The van der Waals surface area contributed by atoms with E-state index in [1.165, 1.54) is 35.1 Å². The Morgan fingerprint density at radius 2 is 1.79 bits per heavy atom. The Morgan fingerprint density at radius 3 is 2.46 bits per heavy atom. The number of hydrogen-bond donors (Lipinski definition) is 0. The van der Waals surface area contributed by atoms with Crippen LogP contribution in [0.2, 0.25) is 0 Å². The van der Waals surface area contributed by atoms with Crippen LogP contribution in [-0.4, -0.2) is 25.7 Å². The summed E-state index contributed by atoms with van der Waals surface area (Å²) in [6, 6.07) is 14.8. The van der Waals surface area contributed by atoms with E-state index in [2.05, 4.69) is 10.2 Å². The SMILES string of the molecule is O=C(/C=C/c1cnn(-c2ccccc2)n1)c1ccc([N+](=O)[O-])cc1. The molecule has 0 bridgehead atoms.